The number of rotatable bonds is 4. The maximum atomic E-state index is 9.52. The van der Waals surface area contributed by atoms with Gasteiger partial charge < -0.3 is 9.47 Å². The van der Waals surface area contributed by atoms with Gasteiger partial charge in [0, 0.05) is 0 Å². The van der Waals surface area contributed by atoms with Gasteiger partial charge in [0.1, 0.15) is 5.75 Å². The van der Waals surface area contributed by atoms with Gasteiger partial charge in [-0.1, -0.05) is 19.1 Å². The minimum Gasteiger partial charge on any atom is -0.496 e. The van der Waals surface area contributed by atoms with Crippen molar-refractivity contribution in [3.8, 4) is 11.8 Å². The largest absolute Gasteiger partial charge is 0.496 e. The maximum Gasteiger partial charge on any atom is 0.122 e. The zero-order valence-corrected chi connectivity index (χ0v) is 11.5. The number of hydrogen-bond donors (Lipinski definition) is 0. The lowest BCUT2D eigenvalue weighted by Crippen LogP contribution is -2.53. The van der Waals surface area contributed by atoms with E-state index in [1.165, 1.54) is 11.1 Å². The van der Waals surface area contributed by atoms with E-state index in [0.717, 1.165) is 25.0 Å². The van der Waals surface area contributed by atoms with Crippen LogP contribution in [0, 0.1) is 16.7 Å². The third-order valence-corrected chi connectivity index (χ3v) is 4.79. The summed E-state index contributed by atoms with van der Waals surface area (Å²) < 4.78 is 10.9. The van der Waals surface area contributed by atoms with E-state index in [-0.39, 0.29) is 10.8 Å². The molecule has 0 radical (unpaired) electrons. The molecule has 3 heteroatoms. The van der Waals surface area contributed by atoms with Gasteiger partial charge in [-0.3, -0.25) is 0 Å². The van der Waals surface area contributed by atoms with E-state index in [0.29, 0.717) is 13.2 Å². The number of nitriles is 1. The Balaban J connectivity index is 2.04. The number of hydrogen-bond acceptors (Lipinski definition) is 3. The van der Waals surface area contributed by atoms with Gasteiger partial charge in [0.25, 0.3) is 0 Å². The summed E-state index contributed by atoms with van der Waals surface area (Å²) in [5, 5.41) is 9.52. The molecule has 3 rings (SSSR count). The van der Waals surface area contributed by atoms with Crippen LogP contribution in [0.4, 0.5) is 0 Å². The Morgan fingerprint density at radius 1 is 1.37 bits per heavy atom. The summed E-state index contributed by atoms with van der Waals surface area (Å²) in [6.45, 7) is 3.48. The quantitative estimate of drug-likeness (QED) is 0.833. The van der Waals surface area contributed by atoms with Crippen LogP contribution in [-0.2, 0) is 16.6 Å². The van der Waals surface area contributed by atoms with Crippen LogP contribution in [0.25, 0.3) is 0 Å². The van der Waals surface area contributed by atoms with Crippen LogP contribution in [0.1, 0.15) is 30.9 Å². The molecule has 0 bridgehead atoms. The minimum absolute atomic E-state index is 0.0854. The summed E-state index contributed by atoms with van der Waals surface area (Å²) in [5.41, 5.74) is 2.18. The smallest absolute Gasteiger partial charge is 0.122 e. The van der Waals surface area contributed by atoms with Crippen LogP contribution in [0.15, 0.2) is 18.2 Å². The Labute approximate surface area is 114 Å². The second-order valence-corrected chi connectivity index (χ2v) is 5.65. The van der Waals surface area contributed by atoms with Crippen LogP contribution < -0.4 is 4.74 Å². The predicted octanol–water partition coefficient (Wildman–Crippen LogP) is 2.83. The summed E-state index contributed by atoms with van der Waals surface area (Å²) in [6.07, 6.45) is 2.94. The van der Waals surface area contributed by atoms with Crippen LogP contribution in [0.5, 0.6) is 5.75 Å². The van der Waals surface area contributed by atoms with Crippen molar-refractivity contribution >= 4 is 0 Å². The highest BCUT2D eigenvalue weighted by Crippen LogP contribution is 2.62. The third-order valence-electron chi connectivity index (χ3n) is 4.79. The molecule has 100 valence electrons. The molecule has 0 amide bonds. The molecular weight excluding hydrogens is 238 g/mol. The Hall–Kier alpha value is -1.53. The number of methoxy groups -OCH3 is 1. The van der Waals surface area contributed by atoms with E-state index in [2.05, 4.69) is 25.1 Å². The molecule has 1 saturated heterocycles. The van der Waals surface area contributed by atoms with Crippen LogP contribution in [-0.4, -0.2) is 20.3 Å². The van der Waals surface area contributed by atoms with Gasteiger partial charge in [0.2, 0.25) is 0 Å². The summed E-state index contributed by atoms with van der Waals surface area (Å²) in [5.74, 6) is 0.934. The van der Waals surface area contributed by atoms with Gasteiger partial charge in [-0.05, 0) is 36.5 Å². The lowest BCUT2D eigenvalue weighted by atomic mass is 9.66. The summed E-state index contributed by atoms with van der Waals surface area (Å²) in [7, 11) is 1.70. The monoisotopic (exact) mass is 257 g/mol. The van der Waals surface area contributed by atoms with Crippen molar-refractivity contribution in [2.75, 3.05) is 20.3 Å². The fourth-order valence-corrected chi connectivity index (χ4v) is 3.20. The SMILES string of the molecule is CCc1cc(C2(C3(C#N)CC3)COC2)ccc1OC. The highest BCUT2D eigenvalue weighted by atomic mass is 16.5. The molecule has 0 aromatic heterocycles. The molecule has 1 aliphatic carbocycles. The Kier molecular flexibility index (Phi) is 2.79. The van der Waals surface area contributed by atoms with E-state index in [1.807, 2.05) is 6.07 Å². The fourth-order valence-electron chi connectivity index (χ4n) is 3.20. The van der Waals surface area contributed by atoms with Crippen molar-refractivity contribution in [2.24, 2.45) is 5.41 Å². The molecule has 0 N–H and O–H groups in total. The molecule has 2 fully saturated rings. The van der Waals surface area contributed by atoms with Crippen molar-refractivity contribution in [1.82, 2.24) is 0 Å². The molecule has 0 unspecified atom stereocenters. The van der Waals surface area contributed by atoms with Crippen molar-refractivity contribution in [1.29, 1.82) is 5.26 Å². The first kappa shape index (κ1) is 12.5. The second kappa shape index (κ2) is 4.25. The molecule has 0 atom stereocenters. The van der Waals surface area contributed by atoms with E-state index < -0.39 is 0 Å². The van der Waals surface area contributed by atoms with Gasteiger partial charge in [-0.2, -0.15) is 5.26 Å². The highest BCUT2D eigenvalue weighted by Gasteiger charge is 2.64. The van der Waals surface area contributed by atoms with E-state index in [1.54, 1.807) is 7.11 Å². The predicted molar refractivity (Wildman–Crippen MR) is 72.1 cm³/mol. The van der Waals surface area contributed by atoms with Crippen molar-refractivity contribution < 1.29 is 9.47 Å². The van der Waals surface area contributed by atoms with Gasteiger partial charge in [0.15, 0.2) is 0 Å². The van der Waals surface area contributed by atoms with Crippen molar-refractivity contribution in [3.05, 3.63) is 29.3 Å². The van der Waals surface area contributed by atoms with Crippen molar-refractivity contribution in [2.45, 2.75) is 31.6 Å². The van der Waals surface area contributed by atoms with Crippen LogP contribution in [0.2, 0.25) is 0 Å². The van der Waals surface area contributed by atoms with Gasteiger partial charge in [-0.25, -0.2) is 0 Å². The minimum atomic E-state index is -0.190. The second-order valence-electron chi connectivity index (χ2n) is 5.65. The van der Waals surface area contributed by atoms with Crippen LogP contribution in [0.3, 0.4) is 0 Å². The molecule has 3 nitrogen and oxygen atoms in total. The zero-order chi connectivity index (χ0) is 13.5. The summed E-state index contributed by atoms with van der Waals surface area (Å²) in [4.78, 5) is 0. The van der Waals surface area contributed by atoms with Gasteiger partial charge in [-0.15, -0.1) is 0 Å². The Bertz CT molecular complexity index is 536. The Morgan fingerprint density at radius 3 is 2.53 bits per heavy atom. The van der Waals surface area contributed by atoms with E-state index in [4.69, 9.17) is 9.47 Å². The van der Waals surface area contributed by atoms with Crippen LogP contribution >= 0.6 is 0 Å². The molecule has 2 aliphatic rings. The fraction of sp³-hybridized carbons (Fsp3) is 0.562. The number of nitrogens with zero attached hydrogens (tertiary/aromatic N) is 1. The number of aryl methyl sites for hydroxylation is 1. The molecule has 1 saturated carbocycles. The zero-order valence-electron chi connectivity index (χ0n) is 11.5. The number of ether oxygens (including phenoxy) is 2. The average molecular weight is 257 g/mol. The first-order valence-corrected chi connectivity index (χ1v) is 6.88. The van der Waals surface area contributed by atoms with E-state index >= 15 is 0 Å². The van der Waals surface area contributed by atoms with Gasteiger partial charge >= 0.3 is 0 Å². The third kappa shape index (κ3) is 1.60. The first-order chi connectivity index (χ1) is 9.21. The maximum absolute atomic E-state index is 9.52. The molecule has 1 aromatic rings. The topological polar surface area (TPSA) is 42.2 Å². The average Bonchev–Trinajstić information content (AvgIpc) is 3.18. The molecule has 1 heterocycles. The summed E-state index contributed by atoms with van der Waals surface area (Å²) in [6, 6.07) is 8.89. The molecule has 19 heavy (non-hydrogen) atoms. The van der Waals surface area contributed by atoms with Gasteiger partial charge in [0.05, 0.1) is 37.2 Å². The lowest BCUT2D eigenvalue weighted by molar-refractivity contribution is -0.0867. The van der Waals surface area contributed by atoms with E-state index in [9.17, 15) is 5.26 Å². The number of benzene rings is 1. The summed E-state index contributed by atoms with van der Waals surface area (Å²) >= 11 is 0. The molecule has 1 aromatic carbocycles. The molecule has 1 aliphatic heterocycles. The first-order valence-electron chi connectivity index (χ1n) is 6.88. The lowest BCUT2D eigenvalue weighted by Gasteiger charge is -2.46. The highest BCUT2D eigenvalue weighted by molar-refractivity contribution is 5.45. The molecule has 0 spiro atoms. The normalized spacial score (nSPS) is 22.2. The molecular formula is C16H19NO2. The standard InChI is InChI=1S/C16H19NO2/c1-3-12-8-13(4-5-14(12)18-2)16(10-19-11-16)15(9-17)6-7-15/h4-5,8H,3,6-7,10-11H2,1-2H3. The Morgan fingerprint density at radius 2 is 2.11 bits per heavy atom. The van der Waals surface area contributed by atoms with Crippen molar-refractivity contribution in [3.63, 3.8) is 0 Å².